The second-order valence-electron chi connectivity index (χ2n) is 6.88. The number of nitrogens with zero attached hydrogens (tertiary/aromatic N) is 2. The van der Waals surface area contributed by atoms with Gasteiger partial charge in [-0.2, -0.15) is 0 Å². The predicted molar refractivity (Wildman–Crippen MR) is 97.9 cm³/mol. The number of carbonyl (C=O) groups is 1. The summed E-state index contributed by atoms with van der Waals surface area (Å²) in [6.45, 7) is 3.70. The van der Waals surface area contributed by atoms with E-state index in [9.17, 15) is 4.79 Å². The molecule has 0 bridgehead atoms. The van der Waals surface area contributed by atoms with E-state index >= 15 is 0 Å². The van der Waals surface area contributed by atoms with E-state index in [2.05, 4.69) is 29.2 Å². The zero-order valence-corrected chi connectivity index (χ0v) is 14.6. The topological polar surface area (TPSA) is 32.8 Å². The van der Waals surface area contributed by atoms with Crippen LogP contribution < -0.4 is 4.74 Å². The van der Waals surface area contributed by atoms with Gasteiger partial charge < -0.3 is 9.64 Å². The zero-order valence-electron chi connectivity index (χ0n) is 14.6. The van der Waals surface area contributed by atoms with E-state index < -0.39 is 0 Å². The largest absolute Gasteiger partial charge is 0.496 e. The van der Waals surface area contributed by atoms with Crippen LogP contribution in [0.4, 0.5) is 0 Å². The van der Waals surface area contributed by atoms with Gasteiger partial charge in [0.05, 0.1) is 12.7 Å². The van der Waals surface area contributed by atoms with E-state index in [0.29, 0.717) is 17.4 Å². The molecule has 25 heavy (non-hydrogen) atoms. The summed E-state index contributed by atoms with van der Waals surface area (Å²) in [5, 5.41) is 0. The Labute approximate surface area is 149 Å². The molecule has 2 aromatic carbocycles. The molecule has 1 fully saturated rings. The molecule has 4 nitrogen and oxygen atoms in total. The molecule has 0 aromatic heterocycles. The van der Waals surface area contributed by atoms with Crippen molar-refractivity contribution in [2.24, 2.45) is 0 Å². The summed E-state index contributed by atoms with van der Waals surface area (Å²) >= 11 is 0. The third-order valence-electron chi connectivity index (χ3n) is 5.46. The second kappa shape index (κ2) is 6.89. The molecule has 2 aromatic rings. The van der Waals surface area contributed by atoms with Crippen molar-refractivity contribution >= 4 is 5.91 Å². The van der Waals surface area contributed by atoms with Crippen LogP contribution in [0.15, 0.2) is 48.5 Å². The van der Waals surface area contributed by atoms with Gasteiger partial charge >= 0.3 is 0 Å². The van der Waals surface area contributed by atoms with Crippen LogP contribution in [0.25, 0.3) is 0 Å². The number of hydrogen-bond acceptors (Lipinski definition) is 3. The number of para-hydroxylation sites is 1. The zero-order chi connectivity index (χ0) is 17.2. The van der Waals surface area contributed by atoms with Gasteiger partial charge in [0.25, 0.3) is 5.91 Å². The van der Waals surface area contributed by atoms with Gasteiger partial charge in [0.1, 0.15) is 5.75 Å². The molecule has 1 atom stereocenters. The molecule has 1 amide bonds. The van der Waals surface area contributed by atoms with E-state index in [4.69, 9.17) is 4.74 Å². The first-order chi connectivity index (χ1) is 12.3. The fourth-order valence-corrected chi connectivity index (χ4v) is 4.05. The van der Waals surface area contributed by atoms with Crippen molar-refractivity contribution < 1.29 is 9.53 Å². The summed E-state index contributed by atoms with van der Waals surface area (Å²) in [6, 6.07) is 16.7. The molecule has 2 aliphatic heterocycles. The van der Waals surface area contributed by atoms with Crippen molar-refractivity contribution in [2.45, 2.75) is 25.4 Å². The maximum absolute atomic E-state index is 12.9. The normalized spacial score (nSPS) is 20.4. The van der Waals surface area contributed by atoms with Crippen LogP contribution in [0.1, 0.15) is 27.9 Å². The quantitative estimate of drug-likeness (QED) is 0.864. The highest BCUT2D eigenvalue weighted by Crippen LogP contribution is 2.26. The highest BCUT2D eigenvalue weighted by atomic mass is 16.5. The monoisotopic (exact) mass is 336 g/mol. The number of amides is 1. The van der Waals surface area contributed by atoms with Gasteiger partial charge in [0.2, 0.25) is 0 Å². The van der Waals surface area contributed by atoms with Crippen molar-refractivity contribution in [3.05, 3.63) is 65.2 Å². The first kappa shape index (κ1) is 16.2. The Balaban J connectivity index is 1.44. The Morgan fingerprint density at radius 3 is 2.64 bits per heavy atom. The Kier molecular flexibility index (Phi) is 4.45. The maximum Gasteiger partial charge on any atom is 0.257 e. The van der Waals surface area contributed by atoms with Crippen LogP contribution in [0.2, 0.25) is 0 Å². The van der Waals surface area contributed by atoms with Crippen molar-refractivity contribution in [3.63, 3.8) is 0 Å². The third kappa shape index (κ3) is 3.14. The van der Waals surface area contributed by atoms with Gasteiger partial charge in [-0.25, -0.2) is 0 Å². The molecule has 0 spiro atoms. The molecule has 4 heteroatoms. The van der Waals surface area contributed by atoms with Crippen LogP contribution in [-0.4, -0.2) is 48.5 Å². The number of fused-ring (bicyclic) bond motifs is 1. The Hall–Kier alpha value is -2.33. The Morgan fingerprint density at radius 1 is 1.04 bits per heavy atom. The standard InChI is InChI=1S/C21H24N2O2/c1-25-20-9-5-4-8-19(20)21(24)23-13-11-18(15-23)22-12-10-16-6-2-3-7-17(16)14-22/h2-9,18H,10-15H2,1H3/t18-/m0/s1. The minimum absolute atomic E-state index is 0.0809. The van der Waals surface area contributed by atoms with Gasteiger partial charge in [-0.05, 0) is 36.1 Å². The average molecular weight is 336 g/mol. The van der Waals surface area contributed by atoms with Crippen LogP contribution in [0, 0.1) is 0 Å². The molecule has 0 unspecified atom stereocenters. The van der Waals surface area contributed by atoms with E-state index in [1.54, 1.807) is 7.11 Å². The number of carbonyl (C=O) groups excluding carboxylic acids is 1. The fourth-order valence-electron chi connectivity index (χ4n) is 4.05. The van der Waals surface area contributed by atoms with E-state index in [-0.39, 0.29) is 5.91 Å². The molecule has 1 saturated heterocycles. The lowest BCUT2D eigenvalue weighted by Gasteiger charge is -2.33. The molecular formula is C21H24N2O2. The van der Waals surface area contributed by atoms with E-state index in [1.165, 1.54) is 11.1 Å². The lowest BCUT2D eigenvalue weighted by molar-refractivity contribution is 0.0770. The molecule has 4 rings (SSSR count). The highest BCUT2D eigenvalue weighted by molar-refractivity contribution is 5.97. The van der Waals surface area contributed by atoms with E-state index in [0.717, 1.165) is 39.0 Å². The predicted octanol–water partition coefficient (Wildman–Crippen LogP) is 2.97. The first-order valence-electron chi connectivity index (χ1n) is 8.99. The van der Waals surface area contributed by atoms with Crippen molar-refractivity contribution in [1.29, 1.82) is 0 Å². The number of ether oxygens (including phenoxy) is 1. The van der Waals surface area contributed by atoms with Gasteiger partial charge in [0.15, 0.2) is 0 Å². The van der Waals surface area contributed by atoms with Crippen molar-refractivity contribution in [2.75, 3.05) is 26.7 Å². The van der Waals surface area contributed by atoms with Gasteiger partial charge in [-0.15, -0.1) is 0 Å². The SMILES string of the molecule is COc1ccccc1C(=O)N1CC[C@H](N2CCc3ccccc3C2)C1. The molecule has 0 aliphatic carbocycles. The van der Waals surface area contributed by atoms with Crippen LogP contribution >= 0.6 is 0 Å². The maximum atomic E-state index is 12.9. The number of methoxy groups -OCH3 is 1. The molecule has 130 valence electrons. The fraction of sp³-hybridized carbons (Fsp3) is 0.381. The number of hydrogen-bond donors (Lipinski definition) is 0. The molecule has 0 radical (unpaired) electrons. The summed E-state index contributed by atoms with van der Waals surface area (Å²) in [7, 11) is 1.62. The lowest BCUT2D eigenvalue weighted by Crippen LogP contribution is -2.41. The minimum atomic E-state index is 0.0809. The number of benzene rings is 2. The first-order valence-corrected chi connectivity index (χ1v) is 8.99. The van der Waals surface area contributed by atoms with Gasteiger partial charge in [-0.1, -0.05) is 36.4 Å². The third-order valence-corrected chi connectivity index (χ3v) is 5.46. The summed E-state index contributed by atoms with van der Waals surface area (Å²) in [6.07, 6.45) is 2.15. The van der Waals surface area contributed by atoms with Crippen molar-refractivity contribution in [3.8, 4) is 5.75 Å². The molecule has 0 N–H and O–H groups in total. The van der Waals surface area contributed by atoms with Crippen molar-refractivity contribution in [1.82, 2.24) is 9.80 Å². The average Bonchev–Trinajstić information content (AvgIpc) is 3.17. The lowest BCUT2D eigenvalue weighted by atomic mass is 9.98. The molecule has 0 saturated carbocycles. The van der Waals surface area contributed by atoms with E-state index in [1.807, 2.05) is 29.2 Å². The molecular weight excluding hydrogens is 312 g/mol. The molecule has 2 aliphatic rings. The van der Waals surface area contributed by atoms with Gasteiger partial charge in [0, 0.05) is 32.2 Å². The van der Waals surface area contributed by atoms with Crippen LogP contribution in [-0.2, 0) is 13.0 Å². The minimum Gasteiger partial charge on any atom is -0.496 e. The van der Waals surface area contributed by atoms with Crippen LogP contribution in [0.3, 0.4) is 0 Å². The van der Waals surface area contributed by atoms with Gasteiger partial charge in [-0.3, -0.25) is 9.69 Å². The summed E-state index contributed by atoms with van der Waals surface area (Å²) in [4.78, 5) is 17.4. The highest BCUT2D eigenvalue weighted by Gasteiger charge is 2.33. The number of rotatable bonds is 3. The summed E-state index contributed by atoms with van der Waals surface area (Å²) < 4.78 is 5.35. The number of likely N-dealkylation sites (tertiary alicyclic amines) is 1. The summed E-state index contributed by atoms with van der Waals surface area (Å²) in [5.74, 6) is 0.736. The Bertz CT molecular complexity index is 774. The Morgan fingerprint density at radius 2 is 1.80 bits per heavy atom. The smallest absolute Gasteiger partial charge is 0.257 e. The second-order valence-corrected chi connectivity index (χ2v) is 6.88. The summed E-state index contributed by atoms with van der Waals surface area (Å²) in [5.41, 5.74) is 3.57. The van der Waals surface area contributed by atoms with Crippen LogP contribution in [0.5, 0.6) is 5.75 Å². The molecule has 2 heterocycles.